The Morgan fingerprint density at radius 3 is 3.14 bits per heavy atom. The third kappa shape index (κ3) is 2.73. The summed E-state index contributed by atoms with van der Waals surface area (Å²) in [5.41, 5.74) is 6.65. The molecular formula is C15H21N3O3. The Hall–Kier alpha value is -1.66. The quantitative estimate of drug-likeness (QED) is 0.810. The Labute approximate surface area is 124 Å². The van der Waals surface area contributed by atoms with Gasteiger partial charge in [-0.15, -0.1) is 0 Å². The van der Waals surface area contributed by atoms with E-state index in [1.165, 1.54) is 6.20 Å². The Bertz CT molecular complexity index is 505. The molecule has 0 spiro atoms. The number of carbonyl (C=O) groups is 1. The number of nitrogens with one attached hydrogen (secondary N) is 1. The molecule has 1 aromatic rings. The SMILES string of the molecule is CCOC(=O)c1ccc(NC2C(N)C3CCCOC32)nc1. The summed E-state index contributed by atoms with van der Waals surface area (Å²) in [5.74, 6) is 0.804. The van der Waals surface area contributed by atoms with Crippen LogP contribution in [0.4, 0.5) is 5.82 Å². The van der Waals surface area contributed by atoms with Crippen LogP contribution < -0.4 is 11.1 Å². The first kappa shape index (κ1) is 14.3. The van der Waals surface area contributed by atoms with E-state index >= 15 is 0 Å². The van der Waals surface area contributed by atoms with Crippen LogP contribution in [0.25, 0.3) is 0 Å². The van der Waals surface area contributed by atoms with E-state index in [1.807, 2.05) is 0 Å². The number of anilines is 1. The molecule has 0 bridgehead atoms. The zero-order chi connectivity index (χ0) is 14.8. The summed E-state index contributed by atoms with van der Waals surface area (Å²) in [5, 5.41) is 3.31. The first-order valence-electron chi connectivity index (χ1n) is 7.47. The summed E-state index contributed by atoms with van der Waals surface area (Å²) < 4.78 is 10.7. The molecule has 1 aliphatic carbocycles. The molecule has 0 amide bonds. The normalized spacial score (nSPS) is 31.0. The number of rotatable bonds is 4. The van der Waals surface area contributed by atoms with Gasteiger partial charge in [0.25, 0.3) is 0 Å². The summed E-state index contributed by atoms with van der Waals surface area (Å²) in [4.78, 5) is 15.8. The van der Waals surface area contributed by atoms with Gasteiger partial charge in [0.1, 0.15) is 5.82 Å². The average Bonchev–Trinajstić information content (AvgIpc) is 2.53. The Morgan fingerprint density at radius 1 is 1.57 bits per heavy atom. The number of ether oxygens (including phenoxy) is 2. The van der Waals surface area contributed by atoms with Crippen molar-refractivity contribution in [3.8, 4) is 0 Å². The summed E-state index contributed by atoms with van der Waals surface area (Å²) in [6.45, 7) is 2.94. The predicted molar refractivity (Wildman–Crippen MR) is 78.0 cm³/mol. The van der Waals surface area contributed by atoms with Crippen molar-refractivity contribution in [3.05, 3.63) is 23.9 Å². The van der Waals surface area contributed by atoms with Crippen molar-refractivity contribution in [2.24, 2.45) is 11.7 Å². The van der Waals surface area contributed by atoms with Gasteiger partial charge in [-0.05, 0) is 31.9 Å². The lowest BCUT2D eigenvalue weighted by molar-refractivity contribution is -0.104. The van der Waals surface area contributed by atoms with Crippen molar-refractivity contribution in [1.29, 1.82) is 0 Å². The second-order valence-electron chi connectivity index (χ2n) is 5.54. The van der Waals surface area contributed by atoms with Gasteiger partial charge < -0.3 is 20.5 Å². The maximum Gasteiger partial charge on any atom is 0.339 e. The largest absolute Gasteiger partial charge is 0.462 e. The lowest BCUT2D eigenvalue weighted by atomic mass is 9.68. The van der Waals surface area contributed by atoms with Crippen LogP contribution in [0.15, 0.2) is 18.3 Å². The van der Waals surface area contributed by atoms with E-state index < -0.39 is 0 Å². The van der Waals surface area contributed by atoms with E-state index in [0.29, 0.717) is 23.9 Å². The van der Waals surface area contributed by atoms with Gasteiger partial charge in [-0.3, -0.25) is 0 Å². The first-order chi connectivity index (χ1) is 10.2. The highest BCUT2D eigenvalue weighted by molar-refractivity contribution is 5.89. The van der Waals surface area contributed by atoms with Crippen LogP contribution >= 0.6 is 0 Å². The predicted octanol–water partition coefficient (Wildman–Crippen LogP) is 1.17. The molecule has 1 aliphatic heterocycles. The molecule has 4 atom stereocenters. The fourth-order valence-electron chi connectivity index (χ4n) is 3.11. The highest BCUT2D eigenvalue weighted by Gasteiger charge is 2.50. The molecule has 2 aliphatic rings. The third-order valence-corrected chi connectivity index (χ3v) is 4.27. The maximum atomic E-state index is 11.6. The van der Waals surface area contributed by atoms with E-state index in [9.17, 15) is 4.79 Å². The summed E-state index contributed by atoms with van der Waals surface area (Å²) in [6.07, 6.45) is 3.93. The minimum Gasteiger partial charge on any atom is -0.462 e. The van der Waals surface area contributed by atoms with Crippen molar-refractivity contribution in [1.82, 2.24) is 4.98 Å². The molecule has 2 fully saturated rings. The Morgan fingerprint density at radius 2 is 2.43 bits per heavy atom. The number of carbonyl (C=O) groups excluding carboxylic acids is 1. The zero-order valence-corrected chi connectivity index (χ0v) is 12.1. The Kier molecular flexibility index (Phi) is 4.07. The van der Waals surface area contributed by atoms with Crippen LogP contribution in [0.1, 0.15) is 30.1 Å². The number of nitrogens with zero attached hydrogens (tertiary/aromatic N) is 1. The molecule has 6 nitrogen and oxygen atoms in total. The van der Waals surface area contributed by atoms with Gasteiger partial charge in [0.05, 0.1) is 24.3 Å². The van der Waals surface area contributed by atoms with E-state index in [2.05, 4.69) is 10.3 Å². The first-order valence-corrected chi connectivity index (χ1v) is 7.47. The number of aromatic nitrogens is 1. The van der Waals surface area contributed by atoms with E-state index in [-0.39, 0.29) is 24.2 Å². The van der Waals surface area contributed by atoms with Crippen molar-refractivity contribution in [2.75, 3.05) is 18.5 Å². The van der Waals surface area contributed by atoms with Crippen molar-refractivity contribution in [2.45, 2.75) is 38.0 Å². The molecule has 4 unspecified atom stereocenters. The number of hydrogen-bond donors (Lipinski definition) is 2. The van der Waals surface area contributed by atoms with Crippen LogP contribution in [-0.2, 0) is 9.47 Å². The number of pyridine rings is 1. The van der Waals surface area contributed by atoms with E-state index in [4.69, 9.17) is 15.2 Å². The summed E-state index contributed by atoms with van der Waals surface area (Å²) in [6, 6.07) is 3.67. The molecule has 0 radical (unpaired) electrons. The van der Waals surface area contributed by atoms with Crippen LogP contribution in [0.5, 0.6) is 0 Å². The second kappa shape index (κ2) is 5.99. The van der Waals surface area contributed by atoms with E-state index in [0.717, 1.165) is 19.4 Å². The molecule has 1 saturated heterocycles. The van der Waals surface area contributed by atoms with Crippen molar-refractivity contribution in [3.63, 3.8) is 0 Å². The molecule has 1 saturated carbocycles. The molecule has 6 heteroatoms. The number of esters is 1. The average molecular weight is 291 g/mol. The molecule has 114 valence electrons. The minimum absolute atomic E-state index is 0.0937. The van der Waals surface area contributed by atoms with Gasteiger partial charge in [0.2, 0.25) is 0 Å². The topological polar surface area (TPSA) is 86.5 Å². The van der Waals surface area contributed by atoms with Crippen LogP contribution in [0, 0.1) is 5.92 Å². The smallest absolute Gasteiger partial charge is 0.339 e. The summed E-state index contributed by atoms with van der Waals surface area (Å²) in [7, 11) is 0. The molecule has 1 aromatic heterocycles. The standard InChI is InChI=1S/C15H21N3O3/c1-2-20-15(19)9-5-6-11(17-8-9)18-13-12(16)10-4-3-7-21-14(10)13/h5-6,8,10,12-14H,2-4,7,16H2,1H3,(H,17,18). The number of nitrogens with two attached hydrogens (primary N) is 1. The maximum absolute atomic E-state index is 11.6. The molecule has 2 heterocycles. The number of hydrogen-bond acceptors (Lipinski definition) is 6. The summed E-state index contributed by atoms with van der Waals surface area (Å²) >= 11 is 0. The second-order valence-corrected chi connectivity index (χ2v) is 5.54. The number of fused-ring (bicyclic) bond motifs is 1. The van der Waals surface area contributed by atoms with Gasteiger partial charge in [-0.25, -0.2) is 9.78 Å². The fraction of sp³-hybridized carbons (Fsp3) is 0.600. The molecule has 21 heavy (non-hydrogen) atoms. The molecular weight excluding hydrogens is 270 g/mol. The lowest BCUT2D eigenvalue weighted by Gasteiger charge is -2.52. The van der Waals surface area contributed by atoms with Crippen LogP contribution in [0.3, 0.4) is 0 Å². The van der Waals surface area contributed by atoms with Gasteiger partial charge in [0.15, 0.2) is 0 Å². The highest BCUT2D eigenvalue weighted by Crippen LogP contribution is 2.38. The fourth-order valence-corrected chi connectivity index (χ4v) is 3.11. The van der Waals surface area contributed by atoms with E-state index in [1.54, 1.807) is 19.1 Å². The lowest BCUT2D eigenvalue weighted by Crippen LogP contribution is -2.69. The van der Waals surface area contributed by atoms with Crippen LogP contribution in [0.2, 0.25) is 0 Å². The zero-order valence-electron chi connectivity index (χ0n) is 12.1. The monoisotopic (exact) mass is 291 g/mol. The Balaban J connectivity index is 1.62. The van der Waals surface area contributed by atoms with Gasteiger partial charge in [0, 0.05) is 24.8 Å². The van der Waals surface area contributed by atoms with Gasteiger partial charge in [-0.2, -0.15) is 0 Å². The minimum atomic E-state index is -0.354. The molecule has 0 aromatic carbocycles. The van der Waals surface area contributed by atoms with Crippen molar-refractivity contribution >= 4 is 11.8 Å². The third-order valence-electron chi connectivity index (χ3n) is 4.27. The molecule has 3 N–H and O–H groups in total. The molecule has 3 rings (SSSR count). The highest BCUT2D eigenvalue weighted by atomic mass is 16.5. The van der Waals surface area contributed by atoms with Crippen LogP contribution in [-0.4, -0.2) is 42.4 Å². The van der Waals surface area contributed by atoms with Crippen molar-refractivity contribution < 1.29 is 14.3 Å². The van der Waals surface area contributed by atoms with Gasteiger partial charge in [-0.1, -0.05) is 0 Å². The van der Waals surface area contributed by atoms with Gasteiger partial charge >= 0.3 is 5.97 Å².